The molecule has 4 nitrogen and oxygen atoms in total. The maximum atomic E-state index is 10.8. The molecular formula is C17H25NO3. The lowest BCUT2D eigenvalue weighted by molar-refractivity contribution is -0.288. The van der Waals surface area contributed by atoms with Crippen LogP contribution in [-0.4, -0.2) is 27.2 Å². The van der Waals surface area contributed by atoms with Crippen molar-refractivity contribution in [1.29, 1.82) is 0 Å². The van der Waals surface area contributed by atoms with Crippen molar-refractivity contribution in [3.8, 4) is 0 Å². The molecule has 0 aromatic heterocycles. The summed E-state index contributed by atoms with van der Waals surface area (Å²) in [7, 11) is 0. The second kappa shape index (κ2) is 5.78. The van der Waals surface area contributed by atoms with Gasteiger partial charge in [-0.15, -0.1) is 0 Å². The first kappa shape index (κ1) is 16.0. The zero-order chi connectivity index (χ0) is 15.7. The molecule has 0 radical (unpaired) electrons. The van der Waals surface area contributed by atoms with Crippen LogP contribution in [0.4, 0.5) is 0 Å². The van der Waals surface area contributed by atoms with E-state index >= 15 is 0 Å². The Morgan fingerprint density at radius 2 is 1.67 bits per heavy atom. The fraction of sp³-hybridized carbons (Fsp3) is 0.588. The van der Waals surface area contributed by atoms with Crippen LogP contribution in [0, 0.1) is 0 Å². The van der Waals surface area contributed by atoms with Crippen molar-refractivity contribution in [2.24, 2.45) is 0 Å². The lowest BCUT2D eigenvalue weighted by Crippen LogP contribution is -2.58. The van der Waals surface area contributed by atoms with Crippen LogP contribution in [0.25, 0.3) is 0 Å². The number of hydrogen-bond acceptors (Lipinski definition) is 3. The van der Waals surface area contributed by atoms with E-state index in [0.29, 0.717) is 12.2 Å². The van der Waals surface area contributed by atoms with Gasteiger partial charge in [-0.1, -0.05) is 12.1 Å². The summed E-state index contributed by atoms with van der Waals surface area (Å²) in [6.07, 6.45) is 3.45. The van der Waals surface area contributed by atoms with E-state index in [1.807, 2.05) is 12.1 Å². The number of nitrogens with zero attached hydrogens (tertiary/aromatic N) is 1. The van der Waals surface area contributed by atoms with Gasteiger partial charge in [-0.25, -0.2) is 4.79 Å². The molecule has 1 aliphatic rings. The Morgan fingerprint density at radius 3 is 2.14 bits per heavy atom. The van der Waals surface area contributed by atoms with E-state index in [0.717, 1.165) is 18.4 Å². The standard InChI is InChI=1S/C17H25NO3/c1-16(2)10-5-11-17(3,4)18(16)21-12-13-6-8-14(9-7-13)15(19)20/h6-9H,5,10-12H2,1-4H3,(H,19,20). The lowest BCUT2D eigenvalue weighted by atomic mass is 9.82. The topological polar surface area (TPSA) is 49.8 Å². The van der Waals surface area contributed by atoms with Crippen molar-refractivity contribution in [1.82, 2.24) is 5.06 Å². The van der Waals surface area contributed by atoms with Crippen LogP contribution in [0.5, 0.6) is 0 Å². The van der Waals surface area contributed by atoms with Crippen molar-refractivity contribution in [2.75, 3.05) is 0 Å². The highest BCUT2D eigenvalue weighted by atomic mass is 16.7. The molecular weight excluding hydrogens is 266 g/mol. The Balaban J connectivity index is 2.05. The van der Waals surface area contributed by atoms with E-state index in [1.165, 1.54) is 6.42 Å². The van der Waals surface area contributed by atoms with Gasteiger partial charge in [0.25, 0.3) is 0 Å². The van der Waals surface area contributed by atoms with Crippen LogP contribution in [0.3, 0.4) is 0 Å². The van der Waals surface area contributed by atoms with Gasteiger partial charge in [-0.2, -0.15) is 5.06 Å². The highest BCUT2D eigenvalue weighted by molar-refractivity contribution is 5.87. The molecule has 1 heterocycles. The third-order valence-corrected chi connectivity index (χ3v) is 4.24. The first-order chi connectivity index (χ1) is 9.72. The molecule has 0 amide bonds. The lowest BCUT2D eigenvalue weighted by Gasteiger charge is -2.51. The number of piperidine rings is 1. The van der Waals surface area contributed by atoms with Crippen LogP contribution in [0.2, 0.25) is 0 Å². The molecule has 0 unspecified atom stereocenters. The minimum absolute atomic E-state index is 0.0166. The Labute approximate surface area is 126 Å². The van der Waals surface area contributed by atoms with Gasteiger partial charge in [0.15, 0.2) is 0 Å². The maximum absolute atomic E-state index is 10.8. The first-order valence-corrected chi connectivity index (χ1v) is 7.48. The Hall–Kier alpha value is -1.39. The number of carbonyl (C=O) groups is 1. The molecule has 21 heavy (non-hydrogen) atoms. The smallest absolute Gasteiger partial charge is 0.335 e. The summed E-state index contributed by atoms with van der Waals surface area (Å²) in [4.78, 5) is 16.9. The van der Waals surface area contributed by atoms with Crippen LogP contribution < -0.4 is 0 Å². The third-order valence-electron chi connectivity index (χ3n) is 4.24. The average Bonchev–Trinajstić information content (AvgIpc) is 2.37. The summed E-state index contributed by atoms with van der Waals surface area (Å²) >= 11 is 0. The van der Waals surface area contributed by atoms with E-state index in [-0.39, 0.29) is 11.1 Å². The molecule has 1 aromatic rings. The number of hydroxylamine groups is 2. The molecule has 0 spiro atoms. The fourth-order valence-electron chi connectivity index (χ4n) is 3.21. The molecule has 1 aliphatic heterocycles. The van der Waals surface area contributed by atoms with Crippen LogP contribution in [0.15, 0.2) is 24.3 Å². The van der Waals surface area contributed by atoms with E-state index in [4.69, 9.17) is 9.94 Å². The fourth-order valence-corrected chi connectivity index (χ4v) is 3.21. The van der Waals surface area contributed by atoms with Crippen molar-refractivity contribution in [3.05, 3.63) is 35.4 Å². The SMILES string of the molecule is CC1(C)CCCC(C)(C)N1OCc1ccc(C(=O)O)cc1. The Morgan fingerprint density at radius 1 is 1.14 bits per heavy atom. The van der Waals surface area contributed by atoms with E-state index in [1.54, 1.807) is 12.1 Å². The highest BCUT2D eigenvalue weighted by Crippen LogP contribution is 2.38. The second-order valence-electron chi connectivity index (χ2n) is 7.05. The molecule has 1 aromatic carbocycles. The number of carboxylic acid groups (broad SMARTS) is 1. The second-order valence-corrected chi connectivity index (χ2v) is 7.05. The minimum Gasteiger partial charge on any atom is -0.478 e. The Bertz CT molecular complexity index is 489. The molecule has 116 valence electrons. The molecule has 0 bridgehead atoms. The van der Waals surface area contributed by atoms with Crippen LogP contribution in [0.1, 0.15) is 62.9 Å². The molecule has 1 saturated heterocycles. The normalized spacial score (nSPS) is 21.1. The molecule has 2 rings (SSSR count). The van der Waals surface area contributed by atoms with E-state index in [9.17, 15) is 4.79 Å². The summed E-state index contributed by atoms with van der Waals surface area (Å²) in [6.45, 7) is 9.30. The zero-order valence-corrected chi connectivity index (χ0v) is 13.3. The van der Waals surface area contributed by atoms with E-state index in [2.05, 4.69) is 32.8 Å². The van der Waals surface area contributed by atoms with Gasteiger partial charge in [0, 0.05) is 11.1 Å². The predicted molar refractivity (Wildman–Crippen MR) is 82.0 cm³/mol. The number of hydrogen-bond donors (Lipinski definition) is 1. The number of aromatic carboxylic acids is 1. The van der Waals surface area contributed by atoms with Gasteiger partial charge in [0.05, 0.1) is 12.2 Å². The monoisotopic (exact) mass is 291 g/mol. The maximum Gasteiger partial charge on any atom is 0.335 e. The van der Waals surface area contributed by atoms with Gasteiger partial charge < -0.3 is 5.11 Å². The van der Waals surface area contributed by atoms with Gasteiger partial charge in [-0.3, -0.25) is 4.84 Å². The van der Waals surface area contributed by atoms with Crippen molar-refractivity contribution < 1.29 is 14.7 Å². The first-order valence-electron chi connectivity index (χ1n) is 7.48. The van der Waals surface area contributed by atoms with Gasteiger partial charge in [-0.05, 0) is 64.7 Å². The molecule has 0 saturated carbocycles. The van der Waals surface area contributed by atoms with Gasteiger partial charge in [0.1, 0.15) is 0 Å². The molecule has 0 aliphatic carbocycles. The van der Waals surface area contributed by atoms with E-state index < -0.39 is 5.97 Å². The van der Waals surface area contributed by atoms with Gasteiger partial charge in [0.2, 0.25) is 0 Å². The quantitative estimate of drug-likeness (QED) is 0.915. The predicted octanol–water partition coefficient (Wildman–Crippen LogP) is 3.86. The summed E-state index contributed by atoms with van der Waals surface area (Å²) in [5, 5.41) is 11.0. The molecule has 4 heteroatoms. The number of benzene rings is 1. The summed E-state index contributed by atoms with van der Waals surface area (Å²) in [5.41, 5.74) is 1.32. The third kappa shape index (κ3) is 3.63. The van der Waals surface area contributed by atoms with Crippen LogP contribution in [-0.2, 0) is 11.4 Å². The van der Waals surface area contributed by atoms with Crippen LogP contribution >= 0.6 is 0 Å². The Kier molecular flexibility index (Phi) is 4.40. The minimum atomic E-state index is -0.902. The van der Waals surface area contributed by atoms with Gasteiger partial charge >= 0.3 is 5.97 Å². The number of carboxylic acids is 1. The van der Waals surface area contributed by atoms with Crippen molar-refractivity contribution >= 4 is 5.97 Å². The van der Waals surface area contributed by atoms with Crippen molar-refractivity contribution in [2.45, 2.75) is 64.6 Å². The largest absolute Gasteiger partial charge is 0.478 e. The zero-order valence-electron chi connectivity index (χ0n) is 13.3. The average molecular weight is 291 g/mol. The molecule has 0 atom stereocenters. The molecule has 1 fully saturated rings. The summed E-state index contributed by atoms with van der Waals surface area (Å²) in [6, 6.07) is 6.86. The number of rotatable bonds is 4. The van der Waals surface area contributed by atoms with Crippen molar-refractivity contribution in [3.63, 3.8) is 0 Å². The summed E-state index contributed by atoms with van der Waals surface area (Å²) in [5.74, 6) is -0.902. The summed E-state index contributed by atoms with van der Waals surface area (Å²) < 4.78 is 0. The highest BCUT2D eigenvalue weighted by Gasteiger charge is 2.42. The molecule has 1 N–H and O–H groups in total.